The van der Waals surface area contributed by atoms with Gasteiger partial charge in [0.15, 0.2) is 0 Å². The fourth-order valence-electron chi connectivity index (χ4n) is 1.76. The Hall–Kier alpha value is -1.33. The smallest absolute Gasteiger partial charge is 0.120 e. The van der Waals surface area contributed by atoms with Gasteiger partial charge in [-0.05, 0) is 18.2 Å². The molecule has 0 radical (unpaired) electrons. The topological polar surface area (TPSA) is 39.1 Å². The molecule has 1 aromatic heterocycles. The summed E-state index contributed by atoms with van der Waals surface area (Å²) in [6, 6.07) is 7.87. The van der Waals surface area contributed by atoms with Crippen molar-refractivity contribution in [3.63, 3.8) is 0 Å². The number of nitrogens with zero attached hydrogens (tertiary/aromatic N) is 2. The molecule has 0 fully saturated rings. The number of benzene rings is 1. The Morgan fingerprint density at radius 1 is 1.37 bits per heavy atom. The molecule has 1 heterocycles. The molecule has 0 saturated carbocycles. The second-order valence-electron chi connectivity index (χ2n) is 4.26. The van der Waals surface area contributed by atoms with Gasteiger partial charge in [-0.3, -0.25) is 0 Å². The highest BCUT2D eigenvalue weighted by atomic mass is 79.9. The summed E-state index contributed by atoms with van der Waals surface area (Å²) in [6.45, 7) is 2.40. The van der Waals surface area contributed by atoms with Crippen molar-refractivity contribution in [2.24, 2.45) is 7.05 Å². The van der Waals surface area contributed by atoms with Crippen LogP contribution >= 0.6 is 15.9 Å². The van der Waals surface area contributed by atoms with Gasteiger partial charge < -0.3 is 14.6 Å². The molecule has 0 saturated heterocycles. The third-order valence-corrected chi connectivity index (χ3v) is 3.28. The van der Waals surface area contributed by atoms with Crippen LogP contribution in [0, 0.1) is 0 Å². The fraction of sp³-hybridized carbons (Fsp3) is 0.357. The number of ether oxygens (including phenoxy) is 1. The lowest BCUT2D eigenvalue weighted by molar-refractivity contribution is 0.314. The second-order valence-corrected chi connectivity index (χ2v) is 5.18. The van der Waals surface area contributed by atoms with Gasteiger partial charge in [-0.15, -0.1) is 0 Å². The fourth-order valence-corrected chi connectivity index (χ4v) is 2.14. The van der Waals surface area contributed by atoms with E-state index in [1.807, 2.05) is 48.3 Å². The zero-order chi connectivity index (χ0) is 13.5. The summed E-state index contributed by atoms with van der Waals surface area (Å²) in [7, 11) is 2.01. The van der Waals surface area contributed by atoms with Crippen LogP contribution < -0.4 is 10.1 Å². The number of nitrogens with one attached hydrogen (secondary N) is 1. The maximum Gasteiger partial charge on any atom is 0.120 e. The molecule has 4 nitrogen and oxygen atoms in total. The zero-order valence-corrected chi connectivity index (χ0v) is 12.6. The van der Waals surface area contributed by atoms with E-state index in [0.717, 1.165) is 35.6 Å². The predicted octanol–water partition coefficient (Wildman–Crippen LogP) is 2.39. The van der Waals surface area contributed by atoms with Crippen LogP contribution in [0.15, 0.2) is 41.1 Å². The molecule has 19 heavy (non-hydrogen) atoms. The van der Waals surface area contributed by atoms with Gasteiger partial charge >= 0.3 is 0 Å². The normalized spacial score (nSPS) is 10.6. The Morgan fingerprint density at radius 3 is 3.00 bits per heavy atom. The third kappa shape index (κ3) is 4.69. The van der Waals surface area contributed by atoms with Crippen LogP contribution in [0.1, 0.15) is 5.82 Å². The molecule has 0 unspecified atom stereocenters. The van der Waals surface area contributed by atoms with E-state index in [1.165, 1.54) is 0 Å². The Morgan fingerprint density at radius 2 is 2.26 bits per heavy atom. The lowest BCUT2D eigenvalue weighted by atomic mass is 10.3. The van der Waals surface area contributed by atoms with Gasteiger partial charge in [-0.2, -0.15) is 0 Å². The third-order valence-electron chi connectivity index (χ3n) is 2.79. The molecule has 0 amide bonds. The van der Waals surface area contributed by atoms with Crippen LogP contribution in [-0.2, 0) is 13.5 Å². The van der Waals surface area contributed by atoms with Crippen molar-refractivity contribution in [2.45, 2.75) is 6.42 Å². The molecule has 0 aliphatic heterocycles. The first kappa shape index (κ1) is 14.1. The van der Waals surface area contributed by atoms with Gasteiger partial charge in [0.1, 0.15) is 18.2 Å². The Balaban J connectivity index is 1.59. The first-order valence-electron chi connectivity index (χ1n) is 6.31. The van der Waals surface area contributed by atoms with E-state index >= 15 is 0 Å². The van der Waals surface area contributed by atoms with Gasteiger partial charge in [-0.25, -0.2) is 4.98 Å². The lowest BCUT2D eigenvalue weighted by Crippen LogP contribution is -2.24. The number of hydrogen-bond donors (Lipinski definition) is 1. The first-order valence-corrected chi connectivity index (χ1v) is 7.10. The van der Waals surface area contributed by atoms with Gasteiger partial charge in [-0.1, -0.05) is 22.0 Å². The van der Waals surface area contributed by atoms with E-state index in [0.29, 0.717) is 6.61 Å². The average Bonchev–Trinajstić information content (AvgIpc) is 2.79. The summed E-state index contributed by atoms with van der Waals surface area (Å²) in [4.78, 5) is 4.28. The summed E-state index contributed by atoms with van der Waals surface area (Å²) >= 11 is 3.42. The number of rotatable bonds is 7. The van der Waals surface area contributed by atoms with Gasteiger partial charge in [0, 0.05) is 43.4 Å². The second kappa shape index (κ2) is 7.31. The lowest BCUT2D eigenvalue weighted by Gasteiger charge is -2.08. The number of hydrogen-bond acceptors (Lipinski definition) is 3. The molecular formula is C14H18BrN3O. The van der Waals surface area contributed by atoms with E-state index in [2.05, 4.69) is 26.2 Å². The van der Waals surface area contributed by atoms with Crippen molar-refractivity contribution in [1.29, 1.82) is 0 Å². The number of aromatic nitrogens is 2. The first-order chi connectivity index (χ1) is 9.25. The Kier molecular flexibility index (Phi) is 5.42. The number of halogens is 1. The Bertz CT molecular complexity index is 513. The standard InChI is InChI=1S/C14H18BrN3O/c1-18-9-7-17-14(18)5-6-16-8-10-19-13-4-2-3-12(15)11-13/h2-4,7,9,11,16H,5-6,8,10H2,1H3. The van der Waals surface area contributed by atoms with Crippen molar-refractivity contribution in [2.75, 3.05) is 19.7 Å². The molecule has 2 rings (SSSR count). The van der Waals surface area contributed by atoms with Crippen molar-refractivity contribution in [3.8, 4) is 5.75 Å². The summed E-state index contributed by atoms with van der Waals surface area (Å²) in [6.07, 6.45) is 4.72. The van der Waals surface area contributed by atoms with Crippen molar-refractivity contribution < 1.29 is 4.74 Å². The minimum absolute atomic E-state index is 0.664. The quantitative estimate of drug-likeness (QED) is 0.795. The SMILES string of the molecule is Cn1ccnc1CCNCCOc1cccc(Br)c1. The van der Waals surface area contributed by atoms with E-state index < -0.39 is 0 Å². The van der Waals surface area contributed by atoms with Gasteiger partial charge in [0.25, 0.3) is 0 Å². The molecule has 102 valence electrons. The molecule has 1 aromatic carbocycles. The number of aryl methyl sites for hydroxylation is 1. The molecular weight excluding hydrogens is 306 g/mol. The molecule has 0 spiro atoms. The summed E-state index contributed by atoms with van der Waals surface area (Å²) in [5.41, 5.74) is 0. The molecule has 5 heteroatoms. The summed E-state index contributed by atoms with van der Waals surface area (Å²) in [5.74, 6) is 1.99. The van der Waals surface area contributed by atoms with Crippen LogP contribution in [0.5, 0.6) is 5.75 Å². The van der Waals surface area contributed by atoms with Crippen LogP contribution in [-0.4, -0.2) is 29.2 Å². The molecule has 2 aromatic rings. The summed E-state index contributed by atoms with van der Waals surface area (Å²) in [5, 5.41) is 3.35. The Labute approximate surface area is 121 Å². The minimum atomic E-state index is 0.664. The van der Waals surface area contributed by atoms with Gasteiger partial charge in [0.05, 0.1) is 0 Å². The maximum absolute atomic E-state index is 5.63. The monoisotopic (exact) mass is 323 g/mol. The highest BCUT2D eigenvalue weighted by molar-refractivity contribution is 9.10. The van der Waals surface area contributed by atoms with Crippen molar-refractivity contribution >= 4 is 15.9 Å². The van der Waals surface area contributed by atoms with E-state index in [4.69, 9.17) is 4.74 Å². The minimum Gasteiger partial charge on any atom is -0.492 e. The largest absolute Gasteiger partial charge is 0.492 e. The van der Waals surface area contributed by atoms with Crippen LogP contribution in [0.3, 0.4) is 0 Å². The molecule has 0 aliphatic carbocycles. The average molecular weight is 324 g/mol. The maximum atomic E-state index is 5.63. The van der Waals surface area contributed by atoms with Crippen molar-refractivity contribution in [1.82, 2.24) is 14.9 Å². The van der Waals surface area contributed by atoms with Crippen molar-refractivity contribution in [3.05, 3.63) is 47.0 Å². The highest BCUT2D eigenvalue weighted by Crippen LogP contribution is 2.17. The van der Waals surface area contributed by atoms with Gasteiger partial charge in [0.2, 0.25) is 0 Å². The van der Waals surface area contributed by atoms with E-state index in [-0.39, 0.29) is 0 Å². The number of imidazole rings is 1. The van der Waals surface area contributed by atoms with Crippen LogP contribution in [0.2, 0.25) is 0 Å². The predicted molar refractivity (Wildman–Crippen MR) is 79.4 cm³/mol. The summed E-state index contributed by atoms with van der Waals surface area (Å²) < 4.78 is 8.71. The molecule has 0 bridgehead atoms. The van der Waals surface area contributed by atoms with Crippen LogP contribution in [0.4, 0.5) is 0 Å². The molecule has 1 N–H and O–H groups in total. The molecule has 0 atom stereocenters. The zero-order valence-electron chi connectivity index (χ0n) is 11.0. The molecule has 0 aliphatic rings. The highest BCUT2D eigenvalue weighted by Gasteiger charge is 1.98. The van der Waals surface area contributed by atoms with E-state index in [1.54, 1.807) is 0 Å². The van der Waals surface area contributed by atoms with Crippen LogP contribution in [0.25, 0.3) is 0 Å². The van der Waals surface area contributed by atoms with E-state index in [9.17, 15) is 0 Å².